The number of carbonyl (C=O) groups is 1. The zero-order chi connectivity index (χ0) is 12.2. The first-order valence-corrected chi connectivity index (χ1v) is 6.25. The number of nitrogens with zero attached hydrogens (tertiary/aromatic N) is 1. The zero-order valence-electron chi connectivity index (χ0n) is 9.51. The van der Waals surface area contributed by atoms with Crippen molar-refractivity contribution in [3.8, 4) is 0 Å². The molecule has 0 saturated heterocycles. The van der Waals surface area contributed by atoms with Crippen LogP contribution in [0.1, 0.15) is 27.7 Å². The number of rotatable bonds is 6. The summed E-state index contributed by atoms with van der Waals surface area (Å²) in [4.78, 5) is 12.7. The molecule has 0 aromatic rings. The van der Waals surface area contributed by atoms with Crippen molar-refractivity contribution in [2.75, 3.05) is 6.16 Å². The lowest BCUT2D eigenvalue weighted by Gasteiger charge is -2.34. The van der Waals surface area contributed by atoms with Crippen LogP contribution >= 0.6 is 7.68 Å². The van der Waals surface area contributed by atoms with E-state index in [2.05, 4.69) is 0 Å². The molecule has 0 rings (SSSR count). The Labute approximate surface area is 90.3 Å². The highest BCUT2D eigenvalue weighted by Gasteiger charge is 2.30. The van der Waals surface area contributed by atoms with Gasteiger partial charge in [0, 0.05) is 12.1 Å². The van der Waals surface area contributed by atoms with Crippen LogP contribution in [0.2, 0.25) is 0 Å². The normalized spacial score (nSPS) is 13.5. The van der Waals surface area contributed by atoms with Gasteiger partial charge in [-0.15, -0.1) is 0 Å². The van der Waals surface area contributed by atoms with E-state index in [-0.39, 0.29) is 18.2 Å². The Morgan fingerprint density at radius 3 is 1.80 bits per heavy atom. The Morgan fingerprint density at radius 2 is 1.60 bits per heavy atom. The Kier molecular flexibility index (Phi) is 5.76. The average molecular weight is 235 g/mol. The van der Waals surface area contributed by atoms with Crippen LogP contribution in [0.3, 0.4) is 0 Å². The summed E-state index contributed by atoms with van der Waals surface area (Å²) < 4.78 is 21.2. The van der Waals surface area contributed by atoms with Gasteiger partial charge in [-0.2, -0.15) is 0 Å². The molecule has 0 bridgehead atoms. The molecular weight excluding hydrogens is 217 g/mol. The first-order valence-electron chi connectivity index (χ1n) is 4.89. The van der Waals surface area contributed by atoms with Gasteiger partial charge in [-0.1, -0.05) is 0 Å². The van der Waals surface area contributed by atoms with E-state index in [1.165, 1.54) is 0 Å². The highest BCUT2D eigenvalue weighted by molar-refractivity contribution is 7.30. The molecular formula is C9H18NO4P. The molecule has 1 unspecified atom stereocenters. The number of carboxylic acid groups (broad SMARTS) is 1. The minimum atomic E-state index is -2.68. The lowest BCUT2D eigenvalue weighted by Crippen LogP contribution is -2.50. The first-order chi connectivity index (χ1) is 6.77. The molecule has 0 aromatic heterocycles. The second-order valence-electron chi connectivity index (χ2n) is 4.00. The summed E-state index contributed by atoms with van der Waals surface area (Å²) >= 11 is 0. The molecule has 0 aliphatic rings. The van der Waals surface area contributed by atoms with Gasteiger partial charge in [-0.3, -0.25) is 9.69 Å². The van der Waals surface area contributed by atoms with Crippen LogP contribution in [-0.2, 0) is 13.9 Å². The van der Waals surface area contributed by atoms with Crippen LogP contribution in [0.4, 0.5) is 0 Å². The first kappa shape index (κ1) is 14.3. The fraction of sp³-hybridized carbons (Fsp3) is 0.889. The Hall–Kier alpha value is -0.670. The third-order valence-electron chi connectivity index (χ3n) is 2.16. The molecule has 1 N–H and O–H groups in total. The number of carboxylic acids is 1. The summed E-state index contributed by atoms with van der Waals surface area (Å²) in [6, 6.07) is -0.951. The van der Waals surface area contributed by atoms with Crippen molar-refractivity contribution < 1.29 is 19.0 Å². The standard InChI is InChI=1S/C9H18NO4P/c1-6(2)10(7(3)4)8(9(11)12)5-15(13)14/h6-8H,5H2,1-4H3,(H,11,12). The third-order valence-corrected chi connectivity index (χ3v) is 2.80. The summed E-state index contributed by atoms with van der Waals surface area (Å²) in [5, 5.41) is 8.98. The SMILES string of the molecule is CC(C)N(C(C)C)C(CP(=O)=O)C(=O)O. The maximum Gasteiger partial charge on any atom is 0.321 e. The maximum absolute atomic E-state index is 11.0. The lowest BCUT2D eigenvalue weighted by molar-refractivity contribution is -0.144. The number of aliphatic carboxylic acids is 1. The second kappa shape index (κ2) is 6.03. The fourth-order valence-corrected chi connectivity index (χ4v) is 2.38. The minimum absolute atomic E-state index is 0.000972. The van der Waals surface area contributed by atoms with Crippen molar-refractivity contribution in [3.05, 3.63) is 0 Å². The summed E-state index contributed by atoms with van der Waals surface area (Å²) in [6.45, 7) is 7.42. The van der Waals surface area contributed by atoms with Crippen LogP contribution in [-0.4, -0.2) is 40.3 Å². The van der Waals surface area contributed by atoms with E-state index in [4.69, 9.17) is 5.11 Å². The topological polar surface area (TPSA) is 74.7 Å². The number of hydrogen-bond acceptors (Lipinski definition) is 4. The summed E-state index contributed by atoms with van der Waals surface area (Å²) in [7, 11) is -2.68. The molecule has 0 amide bonds. The molecule has 88 valence electrons. The minimum Gasteiger partial charge on any atom is -0.480 e. The van der Waals surface area contributed by atoms with Crippen molar-refractivity contribution in [2.24, 2.45) is 0 Å². The summed E-state index contributed by atoms with van der Waals surface area (Å²) in [6.07, 6.45) is -0.332. The van der Waals surface area contributed by atoms with E-state index in [1.54, 1.807) is 4.90 Å². The molecule has 15 heavy (non-hydrogen) atoms. The molecule has 0 aromatic carbocycles. The number of hydrogen-bond donors (Lipinski definition) is 1. The van der Waals surface area contributed by atoms with E-state index in [9.17, 15) is 13.9 Å². The molecule has 0 spiro atoms. The predicted octanol–water partition coefficient (Wildman–Crippen LogP) is 1.73. The Morgan fingerprint density at radius 1 is 1.20 bits per heavy atom. The van der Waals surface area contributed by atoms with Crippen molar-refractivity contribution in [1.29, 1.82) is 0 Å². The molecule has 1 atom stereocenters. The average Bonchev–Trinajstić information content (AvgIpc) is 2.00. The highest BCUT2D eigenvalue weighted by atomic mass is 31.1. The molecule has 0 radical (unpaired) electrons. The smallest absolute Gasteiger partial charge is 0.321 e. The quantitative estimate of drug-likeness (QED) is 0.709. The predicted molar refractivity (Wildman–Crippen MR) is 56.7 cm³/mol. The Balaban J connectivity index is 4.92. The summed E-state index contributed by atoms with van der Waals surface area (Å²) in [5.41, 5.74) is 0. The van der Waals surface area contributed by atoms with Gasteiger partial charge in [0.2, 0.25) is 0 Å². The van der Waals surface area contributed by atoms with Crippen molar-refractivity contribution in [2.45, 2.75) is 45.8 Å². The molecule has 5 nitrogen and oxygen atoms in total. The Bertz CT molecular complexity index is 270. The highest BCUT2D eigenvalue weighted by Crippen LogP contribution is 2.17. The maximum atomic E-state index is 11.0. The van der Waals surface area contributed by atoms with E-state index in [0.29, 0.717) is 0 Å². The van der Waals surface area contributed by atoms with Crippen LogP contribution < -0.4 is 0 Å². The van der Waals surface area contributed by atoms with E-state index >= 15 is 0 Å². The van der Waals surface area contributed by atoms with Gasteiger partial charge < -0.3 is 5.11 Å². The van der Waals surface area contributed by atoms with Gasteiger partial charge in [0.25, 0.3) is 0 Å². The second-order valence-corrected chi connectivity index (χ2v) is 5.03. The largest absolute Gasteiger partial charge is 0.480 e. The van der Waals surface area contributed by atoms with Gasteiger partial charge in [0.05, 0.1) is 6.16 Å². The lowest BCUT2D eigenvalue weighted by atomic mass is 10.1. The van der Waals surface area contributed by atoms with Crippen LogP contribution in [0.15, 0.2) is 0 Å². The molecule has 6 heteroatoms. The van der Waals surface area contributed by atoms with Crippen molar-refractivity contribution >= 4 is 13.6 Å². The fourth-order valence-electron chi connectivity index (χ4n) is 1.76. The van der Waals surface area contributed by atoms with E-state index in [1.807, 2.05) is 27.7 Å². The molecule has 0 heterocycles. The third kappa shape index (κ3) is 4.58. The van der Waals surface area contributed by atoms with Gasteiger partial charge in [-0.25, -0.2) is 9.13 Å². The van der Waals surface area contributed by atoms with Crippen molar-refractivity contribution in [3.63, 3.8) is 0 Å². The molecule has 0 saturated carbocycles. The van der Waals surface area contributed by atoms with Crippen LogP contribution in [0.25, 0.3) is 0 Å². The summed E-state index contributed by atoms with van der Waals surface area (Å²) in [5.74, 6) is -1.09. The molecule has 0 aliphatic heterocycles. The van der Waals surface area contributed by atoms with Crippen molar-refractivity contribution in [1.82, 2.24) is 4.90 Å². The molecule has 0 aliphatic carbocycles. The van der Waals surface area contributed by atoms with E-state index in [0.717, 1.165) is 0 Å². The van der Waals surface area contributed by atoms with Crippen LogP contribution in [0, 0.1) is 0 Å². The zero-order valence-corrected chi connectivity index (χ0v) is 10.4. The van der Waals surface area contributed by atoms with Gasteiger partial charge in [0.15, 0.2) is 0 Å². The van der Waals surface area contributed by atoms with Gasteiger partial charge >= 0.3 is 13.6 Å². The monoisotopic (exact) mass is 235 g/mol. The van der Waals surface area contributed by atoms with E-state index < -0.39 is 19.7 Å². The van der Waals surface area contributed by atoms with Gasteiger partial charge in [-0.05, 0) is 27.7 Å². The molecule has 0 fully saturated rings. The van der Waals surface area contributed by atoms with Gasteiger partial charge in [0.1, 0.15) is 6.04 Å². The van der Waals surface area contributed by atoms with Crippen LogP contribution in [0.5, 0.6) is 0 Å².